The first-order valence-corrected chi connectivity index (χ1v) is 11.5. The number of para-hydroxylation sites is 2. The van der Waals surface area contributed by atoms with Crippen molar-refractivity contribution in [2.24, 2.45) is 0 Å². The van der Waals surface area contributed by atoms with Crippen LogP contribution < -0.4 is 19.7 Å². The highest BCUT2D eigenvalue weighted by atomic mass is 16.5. The quantitative estimate of drug-likeness (QED) is 0.513. The first-order valence-electron chi connectivity index (χ1n) is 11.5. The second-order valence-electron chi connectivity index (χ2n) is 9.06. The normalized spacial score (nSPS) is 14.6. The number of carbonyl (C=O) groups excluding carboxylic acids is 1. The van der Waals surface area contributed by atoms with Crippen LogP contribution in [0.1, 0.15) is 32.6 Å². The molecule has 0 spiro atoms. The molecule has 35 heavy (non-hydrogen) atoms. The van der Waals surface area contributed by atoms with Gasteiger partial charge in [-0.25, -0.2) is 0 Å². The minimum absolute atomic E-state index is 0.0964. The molecule has 7 nitrogen and oxygen atoms in total. The first-order chi connectivity index (χ1) is 16.7. The number of likely N-dealkylation sites (N-methyl/N-ethyl adjacent to an activating group) is 1. The fourth-order valence-electron chi connectivity index (χ4n) is 4.36. The van der Waals surface area contributed by atoms with Crippen molar-refractivity contribution in [3.8, 4) is 11.5 Å². The number of carboxylic acids is 1. The lowest BCUT2D eigenvalue weighted by atomic mass is 10.0. The molecule has 3 aromatic rings. The number of ether oxygens (including phenoxy) is 2. The molecule has 0 radical (unpaired) electrons. The summed E-state index contributed by atoms with van der Waals surface area (Å²) in [6, 6.07) is 16.9. The highest BCUT2D eigenvalue weighted by molar-refractivity contribution is 6.05. The van der Waals surface area contributed by atoms with Crippen LogP contribution in [0.2, 0.25) is 0 Å². The van der Waals surface area contributed by atoms with Gasteiger partial charge in [-0.05, 0) is 79.4 Å². The lowest BCUT2D eigenvalue weighted by Gasteiger charge is -2.33. The zero-order valence-corrected chi connectivity index (χ0v) is 20.4. The minimum atomic E-state index is -0.913. The van der Waals surface area contributed by atoms with E-state index in [1.54, 1.807) is 12.1 Å². The Labute approximate surface area is 205 Å². The van der Waals surface area contributed by atoms with Gasteiger partial charge in [-0.1, -0.05) is 18.2 Å². The van der Waals surface area contributed by atoms with E-state index in [0.717, 1.165) is 34.7 Å². The second kappa shape index (κ2) is 10.1. The van der Waals surface area contributed by atoms with E-state index in [4.69, 9.17) is 14.6 Å². The van der Waals surface area contributed by atoms with Crippen LogP contribution in [0.5, 0.6) is 11.5 Å². The number of carbonyl (C=O) groups is 2. The number of aryl methyl sites for hydroxylation is 3. The monoisotopic (exact) mass is 474 g/mol. The predicted octanol–water partition coefficient (Wildman–Crippen LogP) is 4.77. The molecule has 3 aromatic carbocycles. The van der Waals surface area contributed by atoms with Crippen molar-refractivity contribution in [2.75, 3.05) is 30.4 Å². The number of benzene rings is 3. The molecule has 0 aliphatic carbocycles. The lowest BCUT2D eigenvalue weighted by molar-refractivity contribution is -0.136. The van der Waals surface area contributed by atoms with Gasteiger partial charge in [-0.2, -0.15) is 0 Å². The third-order valence-electron chi connectivity index (χ3n) is 5.99. The van der Waals surface area contributed by atoms with Crippen molar-refractivity contribution >= 4 is 23.3 Å². The third-order valence-corrected chi connectivity index (χ3v) is 5.99. The second-order valence-corrected chi connectivity index (χ2v) is 9.06. The summed E-state index contributed by atoms with van der Waals surface area (Å²) in [5, 5.41) is 12.0. The maximum Gasteiger partial charge on any atom is 0.307 e. The van der Waals surface area contributed by atoms with Gasteiger partial charge in [0.05, 0.1) is 18.7 Å². The number of nitrogens with zero attached hydrogens (tertiary/aromatic N) is 1. The molecular formula is C28H30N2O5. The van der Waals surface area contributed by atoms with Crippen LogP contribution in [-0.2, 0) is 11.2 Å². The molecule has 4 rings (SSSR count). The summed E-state index contributed by atoms with van der Waals surface area (Å²) in [5.74, 6) is 0.392. The van der Waals surface area contributed by atoms with Gasteiger partial charge >= 0.3 is 5.97 Å². The van der Waals surface area contributed by atoms with Gasteiger partial charge in [0.2, 0.25) is 0 Å². The maximum absolute atomic E-state index is 13.0. The van der Waals surface area contributed by atoms with Crippen molar-refractivity contribution in [3.63, 3.8) is 0 Å². The smallest absolute Gasteiger partial charge is 0.307 e. The number of hydrogen-bond donors (Lipinski definition) is 2. The van der Waals surface area contributed by atoms with E-state index in [1.807, 2.05) is 70.3 Å². The van der Waals surface area contributed by atoms with Crippen LogP contribution in [0.15, 0.2) is 54.6 Å². The van der Waals surface area contributed by atoms with Gasteiger partial charge < -0.3 is 24.8 Å². The predicted molar refractivity (Wildman–Crippen MR) is 136 cm³/mol. The Balaban J connectivity index is 1.44. The molecule has 1 aliphatic rings. The molecule has 0 aromatic heterocycles. The zero-order valence-electron chi connectivity index (χ0n) is 20.4. The minimum Gasteiger partial charge on any atom is -0.489 e. The molecule has 0 bridgehead atoms. The Bertz CT molecular complexity index is 1270. The maximum atomic E-state index is 13.0. The van der Waals surface area contributed by atoms with E-state index in [9.17, 15) is 9.59 Å². The fraction of sp³-hybridized carbons (Fsp3) is 0.286. The largest absolute Gasteiger partial charge is 0.489 e. The van der Waals surface area contributed by atoms with Crippen LogP contribution in [0.4, 0.5) is 11.4 Å². The van der Waals surface area contributed by atoms with E-state index < -0.39 is 5.97 Å². The summed E-state index contributed by atoms with van der Waals surface area (Å²) in [6.07, 6.45) is -0.209. The summed E-state index contributed by atoms with van der Waals surface area (Å²) in [6.45, 7) is 6.76. The summed E-state index contributed by atoms with van der Waals surface area (Å²) in [4.78, 5) is 26.2. The number of aliphatic carboxylic acids is 1. The van der Waals surface area contributed by atoms with Gasteiger partial charge in [-0.15, -0.1) is 0 Å². The lowest BCUT2D eigenvalue weighted by Crippen LogP contribution is -2.41. The van der Waals surface area contributed by atoms with Gasteiger partial charge in [0.25, 0.3) is 5.91 Å². The first kappa shape index (κ1) is 24.1. The average Bonchev–Trinajstić information content (AvgIpc) is 2.78. The Morgan fingerprint density at radius 2 is 1.86 bits per heavy atom. The van der Waals surface area contributed by atoms with Gasteiger partial charge in [0, 0.05) is 18.3 Å². The van der Waals surface area contributed by atoms with Gasteiger partial charge in [-0.3, -0.25) is 9.59 Å². The highest BCUT2D eigenvalue weighted by Crippen LogP contribution is 2.32. The number of anilines is 2. The molecule has 0 saturated carbocycles. The fourth-order valence-corrected chi connectivity index (χ4v) is 4.36. The van der Waals surface area contributed by atoms with Crippen LogP contribution in [0, 0.1) is 20.8 Å². The zero-order chi connectivity index (χ0) is 25.1. The van der Waals surface area contributed by atoms with E-state index >= 15 is 0 Å². The molecular weight excluding hydrogens is 444 g/mol. The van der Waals surface area contributed by atoms with Crippen molar-refractivity contribution in [3.05, 3.63) is 82.4 Å². The Kier molecular flexibility index (Phi) is 6.96. The molecule has 182 valence electrons. The van der Waals surface area contributed by atoms with E-state index in [2.05, 4.69) is 10.2 Å². The van der Waals surface area contributed by atoms with Crippen LogP contribution in [-0.4, -0.2) is 43.3 Å². The van der Waals surface area contributed by atoms with Crippen LogP contribution in [0.3, 0.4) is 0 Å². The van der Waals surface area contributed by atoms with Gasteiger partial charge in [0.15, 0.2) is 0 Å². The molecule has 2 N–H and O–H groups in total. The number of nitrogens with one attached hydrogen (secondary N) is 1. The number of rotatable bonds is 7. The van der Waals surface area contributed by atoms with Crippen LogP contribution in [0.25, 0.3) is 0 Å². The summed E-state index contributed by atoms with van der Waals surface area (Å²) < 4.78 is 12.2. The van der Waals surface area contributed by atoms with Crippen molar-refractivity contribution in [1.82, 2.24) is 0 Å². The topological polar surface area (TPSA) is 88.1 Å². The Morgan fingerprint density at radius 3 is 2.63 bits per heavy atom. The van der Waals surface area contributed by atoms with E-state index in [-0.39, 0.29) is 18.4 Å². The molecule has 1 amide bonds. The third kappa shape index (κ3) is 5.74. The molecule has 1 heterocycles. The number of fused-ring (bicyclic) bond motifs is 1. The summed E-state index contributed by atoms with van der Waals surface area (Å²) in [5.41, 5.74) is 5.34. The summed E-state index contributed by atoms with van der Waals surface area (Å²) >= 11 is 0. The number of hydrogen-bond acceptors (Lipinski definition) is 5. The molecule has 0 saturated heterocycles. The average molecular weight is 475 g/mol. The number of amides is 1. The highest BCUT2D eigenvalue weighted by Gasteiger charge is 2.24. The Morgan fingerprint density at radius 1 is 1.09 bits per heavy atom. The molecule has 7 heteroatoms. The standard InChI is InChI=1S/C28H30N2O5/c1-17-9-20(14-27(31)32)13-21(10-17)29-28(33)23-11-19(3)26(12-18(23)2)34-16-22-15-30(4)24-7-5-6-8-25(24)35-22/h5-13,22H,14-16H2,1-4H3,(H,29,33)(H,31,32)/t22-/m0/s1. The van der Waals surface area contributed by atoms with E-state index in [0.29, 0.717) is 29.2 Å². The SMILES string of the molecule is Cc1cc(CC(=O)O)cc(NC(=O)c2cc(C)c(OC[C@@H]3CN(C)c4ccccc4O3)cc2C)c1. The van der Waals surface area contributed by atoms with Crippen LogP contribution >= 0.6 is 0 Å². The van der Waals surface area contributed by atoms with Crippen molar-refractivity contribution in [2.45, 2.75) is 33.3 Å². The van der Waals surface area contributed by atoms with Crippen molar-refractivity contribution < 1.29 is 24.2 Å². The molecule has 1 atom stereocenters. The Hall–Kier alpha value is -4.00. The van der Waals surface area contributed by atoms with Crippen molar-refractivity contribution in [1.29, 1.82) is 0 Å². The number of carboxylic acid groups (broad SMARTS) is 1. The molecule has 1 aliphatic heterocycles. The molecule has 0 unspecified atom stereocenters. The molecule has 0 fully saturated rings. The van der Waals surface area contributed by atoms with Gasteiger partial charge in [0.1, 0.15) is 24.2 Å². The summed E-state index contributed by atoms with van der Waals surface area (Å²) in [7, 11) is 2.04. The van der Waals surface area contributed by atoms with E-state index in [1.165, 1.54) is 0 Å².